The van der Waals surface area contributed by atoms with Crippen molar-refractivity contribution in [1.29, 1.82) is 0 Å². The van der Waals surface area contributed by atoms with Crippen LogP contribution >= 0.6 is 0 Å². The molecule has 0 radical (unpaired) electrons. The Bertz CT molecular complexity index is 1210. The third-order valence-electron chi connectivity index (χ3n) is 5.37. The second-order valence-corrected chi connectivity index (χ2v) is 9.47. The number of nitro groups is 1. The zero-order valence-electron chi connectivity index (χ0n) is 21.6. The molecule has 0 fully saturated rings. The normalized spacial score (nSPS) is 12.7. The first-order chi connectivity index (χ1) is 17.6. The molecule has 3 N–H and O–H groups in total. The number of rotatable bonds is 9. The van der Waals surface area contributed by atoms with E-state index in [1.165, 1.54) is 31.3 Å². The van der Waals surface area contributed by atoms with Gasteiger partial charge in [0, 0.05) is 26.0 Å². The Morgan fingerprint density at radius 2 is 1.68 bits per heavy atom. The summed E-state index contributed by atoms with van der Waals surface area (Å²) in [6.45, 7) is 4.87. The van der Waals surface area contributed by atoms with Gasteiger partial charge in [0.25, 0.3) is 0 Å². The van der Waals surface area contributed by atoms with Crippen LogP contribution in [-0.4, -0.2) is 69.8 Å². The molecule has 2 aromatic rings. The summed E-state index contributed by atoms with van der Waals surface area (Å²) < 4.78 is 24.0. The quantitative estimate of drug-likeness (QED) is 0.189. The largest absolute Gasteiger partial charge is 0.504 e. The summed E-state index contributed by atoms with van der Waals surface area (Å²) in [6.07, 6.45) is -1.30. The predicted molar refractivity (Wildman–Crippen MR) is 132 cm³/mol. The van der Waals surface area contributed by atoms with Gasteiger partial charge < -0.3 is 25.0 Å². The lowest BCUT2D eigenvalue weighted by atomic mass is 10.0. The number of carbonyl (C=O) groups excluding carboxylic acids is 3. The van der Waals surface area contributed by atoms with Crippen LogP contribution in [-0.2, 0) is 31.9 Å². The van der Waals surface area contributed by atoms with Crippen LogP contribution in [0, 0.1) is 15.9 Å². The van der Waals surface area contributed by atoms with E-state index >= 15 is 0 Å². The highest BCUT2D eigenvalue weighted by Gasteiger charge is 2.34. The van der Waals surface area contributed by atoms with Crippen LogP contribution in [0.1, 0.15) is 31.9 Å². The smallest absolute Gasteiger partial charge is 0.410 e. The molecule has 0 heterocycles. The van der Waals surface area contributed by atoms with Crippen molar-refractivity contribution >= 4 is 23.7 Å². The number of ether oxygens (including phenoxy) is 2. The van der Waals surface area contributed by atoms with Gasteiger partial charge in [-0.05, 0) is 50.1 Å². The number of methoxy groups -OCH3 is 1. The van der Waals surface area contributed by atoms with Gasteiger partial charge in [0.15, 0.2) is 11.5 Å². The maximum absolute atomic E-state index is 13.9. The van der Waals surface area contributed by atoms with E-state index < -0.39 is 57.8 Å². The number of aromatic hydroxyl groups is 2. The number of esters is 1. The van der Waals surface area contributed by atoms with Gasteiger partial charge in [0.1, 0.15) is 17.7 Å². The Morgan fingerprint density at radius 1 is 1.08 bits per heavy atom. The maximum atomic E-state index is 13.9. The number of halogens is 1. The monoisotopic (exact) mass is 535 g/mol. The lowest BCUT2D eigenvalue weighted by Crippen LogP contribution is -2.54. The van der Waals surface area contributed by atoms with Crippen molar-refractivity contribution < 1.29 is 43.4 Å². The molecule has 0 spiro atoms. The molecule has 0 aromatic heterocycles. The first-order valence-corrected chi connectivity index (χ1v) is 11.4. The summed E-state index contributed by atoms with van der Waals surface area (Å²) in [5.74, 6) is -3.54. The van der Waals surface area contributed by atoms with Crippen LogP contribution in [0.25, 0.3) is 0 Å². The average Bonchev–Trinajstić information content (AvgIpc) is 2.83. The van der Waals surface area contributed by atoms with E-state index in [0.717, 1.165) is 24.1 Å². The molecular weight excluding hydrogens is 505 g/mol. The minimum atomic E-state index is -1.34. The molecule has 0 saturated heterocycles. The highest BCUT2D eigenvalue weighted by Crippen LogP contribution is 2.26. The first-order valence-electron chi connectivity index (χ1n) is 11.4. The molecule has 0 saturated carbocycles. The number of nitrogens with one attached hydrogen (secondary N) is 1. The molecule has 38 heavy (non-hydrogen) atoms. The van der Waals surface area contributed by atoms with Gasteiger partial charge in [-0.3, -0.25) is 19.8 Å². The summed E-state index contributed by atoms with van der Waals surface area (Å²) >= 11 is 0. The number of hydrogen-bond donors (Lipinski definition) is 3. The fourth-order valence-corrected chi connectivity index (χ4v) is 3.45. The number of nitrogens with zero attached hydrogens (tertiary/aromatic N) is 2. The lowest BCUT2D eigenvalue weighted by Gasteiger charge is -2.31. The zero-order valence-corrected chi connectivity index (χ0v) is 21.6. The maximum Gasteiger partial charge on any atom is 0.410 e. The summed E-state index contributed by atoms with van der Waals surface area (Å²) in [6, 6.07) is 4.31. The van der Waals surface area contributed by atoms with Crippen LogP contribution < -0.4 is 5.32 Å². The SMILES string of the molecule is COC(=O)[C@H](Cc1ccc(O)c(O)c1)NC(=O)[C@@H](Cc1ccc(F)c([N+](=O)[O-])c1)N(C)C(=O)OC(C)(C)C. The van der Waals surface area contributed by atoms with Gasteiger partial charge in [-0.1, -0.05) is 12.1 Å². The summed E-state index contributed by atoms with van der Waals surface area (Å²) in [4.78, 5) is 49.9. The van der Waals surface area contributed by atoms with Crippen LogP contribution in [0.3, 0.4) is 0 Å². The molecule has 2 aromatic carbocycles. The number of phenolic OH excluding ortho intramolecular Hbond substituents is 2. The average molecular weight is 536 g/mol. The zero-order chi connectivity index (χ0) is 28.8. The molecule has 0 aliphatic rings. The number of likely N-dealkylation sites (N-methyl/N-ethyl adjacent to an activating group) is 1. The molecule has 0 unspecified atom stereocenters. The van der Waals surface area contributed by atoms with Gasteiger partial charge in [0.05, 0.1) is 12.0 Å². The highest BCUT2D eigenvalue weighted by atomic mass is 19.1. The predicted octanol–water partition coefficient (Wildman–Crippen LogP) is 2.82. The Hall–Kier alpha value is -4.42. The molecule has 13 heteroatoms. The fourth-order valence-electron chi connectivity index (χ4n) is 3.45. The summed E-state index contributed by atoms with van der Waals surface area (Å²) in [5, 5.41) is 33.0. The number of amides is 2. The Balaban J connectivity index is 2.40. The lowest BCUT2D eigenvalue weighted by molar-refractivity contribution is -0.387. The molecule has 2 amide bonds. The van der Waals surface area contributed by atoms with Crippen molar-refractivity contribution in [3.05, 3.63) is 63.5 Å². The Morgan fingerprint density at radius 3 is 2.24 bits per heavy atom. The number of carbonyl (C=O) groups is 3. The van der Waals surface area contributed by atoms with E-state index in [1.807, 2.05) is 0 Å². The number of hydrogen-bond acceptors (Lipinski definition) is 9. The molecule has 0 bridgehead atoms. The van der Waals surface area contributed by atoms with Crippen molar-refractivity contribution in [3.8, 4) is 11.5 Å². The van der Waals surface area contributed by atoms with E-state index in [4.69, 9.17) is 9.47 Å². The van der Waals surface area contributed by atoms with E-state index in [0.29, 0.717) is 5.56 Å². The summed E-state index contributed by atoms with van der Waals surface area (Å²) in [7, 11) is 2.39. The van der Waals surface area contributed by atoms with Gasteiger partial charge in [0.2, 0.25) is 11.7 Å². The third-order valence-corrected chi connectivity index (χ3v) is 5.37. The van der Waals surface area contributed by atoms with Gasteiger partial charge in [-0.15, -0.1) is 0 Å². The van der Waals surface area contributed by atoms with Crippen molar-refractivity contribution in [3.63, 3.8) is 0 Å². The summed E-state index contributed by atoms with van der Waals surface area (Å²) in [5.41, 5.74) is -1.16. The van der Waals surface area contributed by atoms with E-state index in [1.54, 1.807) is 20.8 Å². The number of benzene rings is 2. The second kappa shape index (κ2) is 12.2. The molecule has 0 aliphatic heterocycles. The Labute approximate surface area is 218 Å². The van der Waals surface area contributed by atoms with Crippen molar-refractivity contribution in [1.82, 2.24) is 10.2 Å². The van der Waals surface area contributed by atoms with Gasteiger partial charge >= 0.3 is 17.7 Å². The van der Waals surface area contributed by atoms with Crippen LogP contribution in [0.2, 0.25) is 0 Å². The van der Waals surface area contributed by atoms with Crippen molar-refractivity contribution in [2.24, 2.45) is 0 Å². The highest BCUT2D eigenvalue weighted by molar-refractivity contribution is 5.90. The minimum absolute atomic E-state index is 0.142. The number of nitro benzene ring substituents is 1. The van der Waals surface area contributed by atoms with Gasteiger partial charge in [-0.2, -0.15) is 4.39 Å². The minimum Gasteiger partial charge on any atom is -0.504 e. The van der Waals surface area contributed by atoms with E-state index in [2.05, 4.69) is 5.32 Å². The van der Waals surface area contributed by atoms with E-state index in [-0.39, 0.29) is 24.2 Å². The molecule has 206 valence electrons. The number of phenols is 2. The molecule has 0 aliphatic carbocycles. The standard InChI is InChI=1S/C25H30FN3O9/c1-25(2,3)38-24(34)28(4)19(12-15-6-8-16(26)18(11-15)29(35)36)22(32)27-17(23(33)37-5)10-14-7-9-20(30)21(31)13-14/h6-9,11,13,17,19,30-31H,10,12H2,1-5H3,(H,27,32)/t17-,19+/m0/s1. The van der Waals surface area contributed by atoms with Crippen LogP contribution in [0.4, 0.5) is 14.9 Å². The fraction of sp³-hybridized carbons (Fsp3) is 0.400. The molecular formula is C25H30FN3O9. The van der Waals surface area contributed by atoms with Crippen LogP contribution in [0.5, 0.6) is 11.5 Å². The third kappa shape index (κ3) is 8.05. The Kier molecular flexibility index (Phi) is 9.58. The molecule has 2 atom stereocenters. The molecule has 12 nitrogen and oxygen atoms in total. The molecule has 2 rings (SSSR count). The van der Waals surface area contributed by atoms with E-state index in [9.17, 15) is 39.1 Å². The first kappa shape index (κ1) is 29.8. The topological polar surface area (TPSA) is 169 Å². The van der Waals surface area contributed by atoms with Crippen molar-refractivity contribution in [2.45, 2.75) is 51.3 Å². The van der Waals surface area contributed by atoms with Crippen LogP contribution in [0.15, 0.2) is 36.4 Å². The van der Waals surface area contributed by atoms with Gasteiger partial charge in [-0.25, -0.2) is 9.59 Å². The van der Waals surface area contributed by atoms with Crippen molar-refractivity contribution in [2.75, 3.05) is 14.2 Å². The second-order valence-electron chi connectivity index (χ2n) is 9.47.